The molecular weight excluding hydrogens is 301 g/mol. The van der Waals surface area contributed by atoms with Crippen LogP contribution in [-0.2, 0) is 16.0 Å². The topological polar surface area (TPSA) is 52.3 Å². The van der Waals surface area contributed by atoms with Crippen molar-refractivity contribution in [2.45, 2.75) is 19.8 Å². The van der Waals surface area contributed by atoms with Crippen molar-refractivity contribution in [1.82, 2.24) is 4.98 Å². The van der Waals surface area contributed by atoms with Crippen LogP contribution in [0.5, 0.6) is 0 Å². The van der Waals surface area contributed by atoms with Gasteiger partial charge >= 0.3 is 5.97 Å². The maximum absolute atomic E-state index is 11.4. The van der Waals surface area contributed by atoms with E-state index in [0.717, 1.165) is 5.56 Å². The first kappa shape index (κ1) is 14.9. The van der Waals surface area contributed by atoms with Gasteiger partial charge in [0, 0.05) is 17.0 Å². The number of benzene rings is 1. The van der Waals surface area contributed by atoms with Gasteiger partial charge in [0.15, 0.2) is 0 Å². The predicted octanol–water partition coefficient (Wildman–Crippen LogP) is 4.14. The van der Waals surface area contributed by atoms with Crippen LogP contribution in [0.2, 0.25) is 10.4 Å². The molecule has 0 radical (unpaired) electrons. The molecule has 1 heterocycles. The number of carbonyl (C=O) groups is 1. The van der Waals surface area contributed by atoms with E-state index in [0.29, 0.717) is 29.5 Å². The molecule has 0 aliphatic rings. The molecule has 0 saturated heterocycles. The second-order valence-corrected chi connectivity index (χ2v) is 4.81. The van der Waals surface area contributed by atoms with E-state index in [-0.39, 0.29) is 17.7 Å². The molecule has 0 bridgehead atoms. The minimum atomic E-state index is -0.276. The Labute approximate surface area is 126 Å². The molecule has 0 aliphatic carbocycles. The van der Waals surface area contributed by atoms with Gasteiger partial charge in [0.05, 0.1) is 13.0 Å². The molecule has 0 amide bonds. The van der Waals surface area contributed by atoms with Crippen LogP contribution in [0.15, 0.2) is 28.7 Å². The Morgan fingerprint density at radius 3 is 2.65 bits per heavy atom. The van der Waals surface area contributed by atoms with Crippen molar-refractivity contribution < 1.29 is 13.9 Å². The molecule has 0 saturated carbocycles. The van der Waals surface area contributed by atoms with Crippen molar-refractivity contribution in [3.8, 4) is 11.3 Å². The average molecular weight is 314 g/mol. The lowest BCUT2D eigenvalue weighted by Gasteiger charge is -2.02. The van der Waals surface area contributed by atoms with Crippen molar-refractivity contribution in [2.75, 3.05) is 6.61 Å². The lowest BCUT2D eigenvalue weighted by molar-refractivity contribution is -0.143. The molecule has 2 rings (SSSR count). The zero-order chi connectivity index (χ0) is 14.5. The highest BCUT2D eigenvalue weighted by Crippen LogP contribution is 2.28. The number of nitrogens with zero attached hydrogens (tertiary/aromatic N) is 1. The summed E-state index contributed by atoms with van der Waals surface area (Å²) in [6.07, 6.45) is 0.608. The summed E-state index contributed by atoms with van der Waals surface area (Å²) in [6, 6.07) is 7.16. The first-order chi connectivity index (χ1) is 9.60. The molecule has 1 aromatic heterocycles. The summed E-state index contributed by atoms with van der Waals surface area (Å²) >= 11 is 11.7. The van der Waals surface area contributed by atoms with Crippen LogP contribution >= 0.6 is 23.2 Å². The Hall–Kier alpha value is -1.52. The third-order valence-corrected chi connectivity index (χ3v) is 3.06. The standard InChI is InChI=1S/C14H13Cl2NO3/c1-2-19-12(18)8-7-11-13(17-14(16)20-11)9-3-5-10(15)6-4-9/h3-6H,2,7-8H2,1H3. The minimum absolute atomic E-state index is 0.0498. The molecule has 0 N–H and O–H groups in total. The maximum atomic E-state index is 11.4. The molecule has 0 fully saturated rings. The first-order valence-electron chi connectivity index (χ1n) is 6.17. The zero-order valence-corrected chi connectivity index (χ0v) is 12.4. The molecule has 106 valence electrons. The summed E-state index contributed by atoms with van der Waals surface area (Å²) in [4.78, 5) is 15.5. The fourth-order valence-corrected chi connectivity index (χ4v) is 2.08. The summed E-state index contributed by atoms with van der Waals surface area (Å²) in [5.41, 5.74) is 1.46. The van der Waals surface area contributed by atoms with Gasteiger partial charge in [-0.2, -0.15) is 4.98 Å². The lowest BCUT2D eigenvalue weighted by Crippen LogP contribution is -2.05. The van der Waals surface area contributed by atoms with Gasteiger partial charge in [0.2, 0.25) is 0 Å². The molecule has 2 aromatic rings. The van der Waals surface area contributed by atoms with E-state index >= 15 is 0 Å². The average Bonchev–Trinajstić information content (AvgIpc) is 2.79. The normalized spacial score (nSPS) is 10.6. The molecular formula is C14H13Cl2NO3. The van der Waals surface area contributed by atoms with E-state index in [1.165, 1.54) is 0 Å². The Morgan fingerprint density at radius 2 is 2.00 bits per heavy atom. The van der Waals surface area contributed by atoms with Gasteiger partial charge in [-0.25, -0.2) is 0 Å². The predicted molar refractivity (Wildman–Crippen MR) is 76.9 cm³/mol. The summed E-state index contributed by atoms with van der Waals surface area (Å²) in [7, 11) is 0. The second kappa shape index (κ2) is 6.77. The fraction of sp³-hybridized carbons (Fsp3) is 0.286. The molecule has 0 unspecified atom stereocenters. The van der Waals surface area contributed by atoms with Gasteiger partial charge in [-0.1, -0.05) is 23.7 Å². The van der Waals surface area contributed by atoms with E-state index in [4.69, 9.17) is 32.4 Å². The Morgan fingerprint density at radius 1 is 1.30 bits per heavy atom. The number of oxazole rings is 1. The Kier molecular flexibility index (Phi) is 5.04. The number of esters is 1. The summed E-state index contributed by atoms with van der Waals surface area (Å²) < 4.78 is 10.2. The van der Waals surface area contributed by atoms with Crippen LogP contribution in [0.1, 0.15) is 19.1 Å². The van der Waals surface area contributed by atoms with Crippen LogP contribution in [-0.4, -0.2) is 17.6 Å². The van der Waals surface area contributed by atoms with Crippen molar-refractivity contribution in [3.05, 3.63) is 40.4 Å². The molecule has 0 atom stereocenters. The highest BCUT2D eigenvalue weighted by Gasteiger charge is 2.15. The maximum Gasteiger partial charge on any atom is 0.306 e. The van der Waals surface area contributed by atoms with Crippen LogP contribution < -0.4 is 0 Å². The van der Waals surface area contributed by atoms with Crippen molar-refractivity contribution in [2.24, 2.45) is 0 Å². The highest BCUT2D eigenvalue weighted by atomic mass is 35.5. The number of halogens is 2. The number of aromatic nitrogens is 1. The van der Waals surface area contributed by atoms with E-state index in [9.17, 15) is 4.79 Å². The second-order valence-electron chi connectivity index (χ2n) is 4.05. The zero-order valence-electron chi connectivity index (χ0n) is 10.9. The number of hydrogen-bond donors (Lipinski definition) is 0. The van der Waals surface area contributed by atoms with Crippen molar-refractivity contribution in [1.29, 1.82) is 0 Å². The van der Waals surface area contributed by atoms with Gasteiger partial charge in [0.1, 0.15) is 11.5 Å². The van der Waals surface area contributed by atoms with Gasteiger partial charge in [-0.3, -0.25) is 4.79 Å². The fourth-order valence-electron chi connectivity index (χ4n) is 1.77. The third kappa shape index (κ3) is 3.74. The van der Waals surface area contributed by atoms with Crippen LogP contribution in [0, 0.1) is 0 Å². The van der Waals surface area contributed by atoms with Crippen LogP contribution in [0.4, 0.5) is 0 Å². The molecule has 4 nitrogen and oxygen atoms in total. The SMILES string of the molecule is CCOC(=O)CCc1oc(Cl)nc1-c1ccc(Cl)cc1. The molecule has 20 heavy (non-hydrogen) atoms. The highest BCUT2D eigenvalue weighted by molar-refractivity contribution is 6.30. The number of carbonyl (C=O) groups excluding carboxylic acids is 1. The molecule has 1 aromatic carbocycles. The van der Waals surface area contributed by atoms with E-state index < -0.39 is 0 Å². The monoisotopic (exact) mass is 313 g/mol. The largest absolute Gasteiger partial charge is 0.466 e. The van der Waals surface area contributed by atoms with Crippen molar-refractivity contribution >= 4 is 29.2 Å². The summed E-state index contributed by atoms with van der Waals surface area (Å²) in [5.74, 6) is 0.285. The van der Waals surface area contributed by atoms with Crippen molar-refractivity contribution in [3.63, 3.8) is 0 Å². The summed E-state index contributed by atoms with van der Waals surface area (Å²) in [6.45, 7) is 2.13. The number of hydrogen-bond acceptors (Lipinski definition) is 4. The molecule has 6 heteroatoms. The van der Waals surface area contributed by atoms with Gasteiger partial charge in [-0.15, -0.1) is 0 Å². The van der Waals surface area contributed by atoms with Gasteiger partial charge in [-0.05, 0) is 30.7 Å². The van der Waals surface area contributed by atoms with Crippen LogP contribution in [0.25, 0.3) is 11.3 Å². The van der Waals surface area contributed by atoms with E-state index in [1.807, 2.05) is 12.1 Å². The number of ether oxygens (including phenoxy) is 1. The van der Waals surface area contributed by atoms with E-state index in [2.05, 4.69) is 4.98 Å². The minimum Gasteiger partial charge on any atom is -0.466 e. The number of rotatable bonds is 5. The first-order valence-corrected chi connectivity index (χ1v) is 6.92. The summed E-state index contributed by atoms with van der Waals surface area (Å²) in [5, 5.41) is 0.685. The Bertz CT molecular complexity index is 593. The molecule has 0 spiro atoms. The number of aryl methyl sites for hydroxylation is 1. The lowest BCUT2D eigenvalue weighted by atomic mass is 10.1. The van der Waals surface area contributed by atoms with Gasteiger partial charge in [0.25, 0.3) is 5.35 Å². The van der Waals surface area contributed by atoms with E-state index in [1.54, 1.807) is 19.1 Å². The van der Waals surface area contributed by atoms with Gasteiger partial charge < -0.3 is 9.15 Å². The Balaban J connectivity index is 2.17. The molecule has 0 aliphatic heterocycles. The smallest absolute Gasteiger partial charge is 0.306 e. The third-order valence-electron chi connectivity index (χ3n) is 2.65. The van der Waals surface area contributed by atoms with Crippen LogP contribution in [0.3, 0.4) is 0 Å². The quantitative estimate of drug-likeness (QED) is 0.778.